The minimum Gasteiger partial charge on any atom is -0.338 e. The van der Waals surface area contributed by atoms with Gasteiger partial charge in [-0.05, 0) is 42.2 Å². The first-order valence-electron chi connectivity index (χ1n) is 9.20. The molecular weight excluding hydrogens is 360 g/mol. The molecule has 1 amide bonds. The molecule has 144 valence electrons. The molecule has 0 saturated carbocycles. The van der Waals surface area contributed by atoms with Crippen LogP contribution in [0.25, 0.3) is 0 Å². The van der Waals surface area contributed by atoms with E-state index < -0.39 is 10.0 Å². The van der Waals surface area contributed by atoms with E-state index in [9.17, 15) is 13.2 Å². The van der Waals surface area contributed by atoms with Gasteiger partial charge in [-0.15, -0.1) is 0 Å². The standard InChI is InChI=1S/C21H26N2O3S/c1-15(2)21(24)23-10-9-18-7-8-20(12-19(18)13-23)22-27(25,26)14-17-6-4-5-16(3)11-17/h4-8,11-12,15,22H,9-10,13-14H2,1-3H3. The van der Waals surface area contributed by atoms with Crippen LogP contribution >= 0.6 is 0 Å². The molecule has 0 radical (unpaired) electrons. The Hall–Kier alpha value is -2.34. The van der Waals surface area contributed by atoms with Crippen molar-refractivity contribution in [2.45, 2.75) is 39.5 Å². The van der Waals surface area contributed by atoms with Crippen LogP contribution in [0.15, 0.2) is 42.5 Å². The summed E-state index contributed by atoms with van der Waals surface area (Å²) in [6.45, 7) is 6.97. The quantitative estimate of drug-likeness (QED) is 0.855. The summed E-state index contributed by atoms with van der Waals surface area (Å²) < 4.78 is 27.7. The molecule has 2 aromatic rings. The van der Waals surface area contributed by atoms with E-state index in [1.54, 1.807) is 6.07 Å². The predicted molar refractivity (Wildman–Crippen MR) is 108 cm³/mol. The van der Waals surface area contributed by atoms with E-state index in [0.717, 1.165) is 23.1 Å². The third-order valence-electron chi connectivity index (χ3n) is 4.74. The molecule has 3 rings (SSSR count). The molecular formula is C21H26N2O3S. The Morgan fingerprint density at radius 2 is 1.93 bits per heavy atom. The molecule has 0 atom stereocenters. The van der Waals surface area contributed by atoms with E-state index in [0.29, 0.717) is 18.8 Å². The Balaban J connectivity index is 1.75. The fraction of sp³-hybridized carbons (Fsp3) is 0.381. The first-order chi connectivity index (χ1) is 12.7. The van der Waals surface area contributed by atoms with E-state index in [4.69, 9.17) is 0 Å². The van der Waals surface area contributed by atoms with Crippen LogP contribution in [0.2, 0.25) is 0 Å². The molecule has 5 nitrogen and oxygen atoms in total. The number of aryl methyl sites for hydroxylation is 1. The number of hydrogen-bond acceptors (Lipinski definition) is 3. The molecule has 1 N–H and O–H groups in total. The van der Waals surface area contributed by atoms with Crippen molar-refractivity contribution in [3.05, 3.63) is 64.7 Å². The third-order valence-corrected chi connectivity index (χ3v) is 6.00. The van der Waals surface area contributed by atoms with Crippen molar-refractivity contribution in [3.63, 3.8) is 0 Å². The summed E-state index contributed by atoms with van der Waals surface area (Å²) in [7, 11) is -3.50. The monoisotopic (exact) mass is 386 g/mol. The van der Waals surface area contributed by atoms with Gasteiger partial charge in [0.05, 0.1) is 5.75 Å². The minimum atomic E-state index is -3.50. The summed E-state index contributed by atoms with van der Waals surface area (Å²) >= 11 is 0. The van der Waals surface area contributed by atoms with Crippen LogP contribution in [0.3, 0.4) is 0 Å². The lowest BCUT2D eigenvalue weighted by atomic mass is 9.98. The molecule has 0 unspecified atom stereocenters. The fourth-order valence-corrected chi connectivity index (χ4v) is 4.59. The van der Waals surface area contributed by atoms with Gasteiger partial charge in [0.15, 0.2) is 0 Å². The molecule has 0 aliphatic carbocycles. The van der Waals surface area contributed by atoms with Crippen LogP contribution in [0.5, 0.6) is 0 Å². The highest BCUT2D eigenvalue weighted by molar-refractivity contribution is 7.91. The minimum absolute atomic E-state index is 0.0393. The molecule has 27 heavy (non-hydrogen) atoms. The third kappa shape index (κ3) is 4.89. The number of nitrogens with zero attached hydrogens (tertiary/aromatic N) is 1. The zero-order valence-corrected chi connectivity index (χ0v) is 16.8. The van der Waals surface area contributed by atoms with Crippen LogP contribution in [0.4, 0.5) is 5.69 Å². The number of carbonyl (C=O) groups excluding carboxylic acids is 1. The number of hydrogen-bond donors (Lipinski definition) is 1. The second-order valence-corrected chi connectivity index (χ2v) is 9.22. The van der Waals surface area contributed by atoms with Crippen molar-refractivity contribution >= 4 is 21.6 Å². The highest BCUT2D eigenvalue weighted by Gasteiger charge is 2.23. The molecule has 1 aliphatic heterocycles. The van der Waals surface area contributed by atoms with Crippen molar-refractivity contribution in [1.82, 2.24) is 4.90 Å². The first-order valence-corrected chi connectivity index (χ1v) is 10.9. The average molecular weight is 387 g/mol. The van der Waals surface area contributed by atoms with Gasteiger partial charge in [-0.3, -0.25) is 9.52 Å². The Morgan fingerprint density at radius 1 is 1.15 bits per heavy atom. The lowest BCUT2D eigenvalue weighted by Crippen LogP contribution is -2.38. The van der Waals surface area contributed by atoms with Gasteiger partial charge in [-0.25, -0.2) is 8.42 Å². The number of carbonyl (C=O) groups is 1. The number of sulfonamides is 1. The fourth-order valence-electron chi connectivity index (χ4n) is 3.41. The van der Waals surface area contributed by atoms with E-state index in [1.165, 1.54) is 5.56 Å². The van der Waals surface area contributed by atoms with Gasteiger partial charge >= 0.3 is 0 Å². The summed E-state index contributed by atoms with van der Waals surface area (Å²) in [6.07, 6.45) is 0.796. The van der Waals surface area contributed by atoms with Gasteiger partial charge in [-0.1, -0.05) is 49.7 Å². The molecule has 1 aliphatic rings. The molecule has 0 saturated heterocycles. The average Bonchev–Trinajstić information content (AvgIpc) is 2.59. The number of fused-ring (bicyclic) bond motifs is 1. The van der Waals surface area contributed by atoms with Crippen LogP contribution in [-0.4, -0.2) is 25.8 Å². The zero-order valence-electron chi connectivity index (χ0n) is 16.0. The van der Waals surface area contributed by atoms with E-state index in [2.05, 4.69) is 4.72 Å². The van der Waals surface area contributed by atoms with Crippen LogP contribution in [0, 0.1) is 12.8 Å². The summed E-state index contributed by atoms with van der Waals surface area (Å²) in [6, 6.07) is 13.1. The van der Waals surface area contributed by atoms with Gasteiger partial charge < -0.3 is 4.90 Å². The lowest BCUT2D eigenvalue weighted by Gasteiger charge is -2.30. The normalized spacial score (nSPS) is 14.1. The maximum Gasteiger partial charge on any atom is 0.236 e. The highest BCUT2D eigenvalue weighted by Crippen LogP contribution is 2.24. The molecule has 0 fully saturated rings. The van der Waals surface area contributed by atoms with Crippen LogP contribution < -0.4 is 4.72 Å². The van der Waals surface area contributed by atoms with Gasteiger partial charge in [0.1, 0.15) is 0 Å². The number of anilines is 1. The largest absolute Gasteiger partial charge is 0.338 e. The Bertz CT molecular complexity index is 952. The van der Waals surface area contributed by atoms with Crippen LogP contribution in [-0.2, 0) is 33.5 Å². The van der Waals surface area contributed by atoms with Crippen molar-refractivity contribution in [3.8, 4) is 0 Å². The Morgan fingerprint density at radius 3 is 2.63 bits per heavy atom. The molecule has 6 heteroatoms. The first kappa shape index (κ1) is 19.4. The van der Waals surface area contributed by atoms with Gasteiger partial charge in [-0.2, -0.15) is 0 Å². The van der Waals surface area contributed by atoms with E-state index in [-0.39, 0.29) is 17.6 Å². The summed E-state index contributed by atoms with van der Waals surface area (Å²) in [5, 5.41) is 0. The van der Waals surface area contributed by atoms with Gasteiger partial charge in [0.25, 0.3) is 0 Å². The van der Waals surface area contributed by atoms with Crippen LogP contribution in [0.1, 0.15) is 36.1 Å². The second kappa shape index (κ2) is 7.72. The van der Waals surface area contributed by atoms with Crippen molar-refractivity contribution in [1.29, 1.82) is 0 Å². The van der Waals surface area contributed by atoms with E-state index in [1.807, 2.05) is 62.1 Å². The molecule has 2 aromatic carbocycles. The smallest absolute Gasteiger partial charge is 0.236 e. The second-order valence-electron chi connectivity index (χ2n) is 7.50. The summed E-state index contributed by atoms with van der Waals surface area (Å²) in [5.41, 5.74) is 4.51. The van der Waals surface area contributed by atoms with Crippen molar-refractivity contribution in [2.24, 2.45) is 5.92 Å². The lowest BCUT2D eigenvalue weighted by molar-refractivity contribution is -0.135. The molecule has 0 bridgehead atoms. The summed E-state index contributed by atoms with van der Waals surface area (Å²) in [4.78, 5) is 14.1. The number of nitrogens with one attached hydrogen (secondary N) is 1. The number of rotatable bonds is 5. The molecule has 0 aromatic heterocycles. The molecule has 1 heterocycles. The highest BCUT2D eigenvalue weighted by atomic mass is 32.2. The number of benzene rings is 2. The van der Waals surface area contributed by atoms with Gasteiger partial charge in [0.2, 0.25) is 15.9 Å². The topological polar surface area (TPSA) is 66.5 Å². The maximum atomic E-state index is 12.5. The Kier molecular flexibility index (Phi) is 5.56. The predicted octanol–water partition coefficient (Wildman–Crippen LogP) is 3.48. The van der Waals surface area contributed by atoms with Crippen molar-refractivity contribution in [2.75, 3.05) is 11.3 Å². The van der Waals surface area contributed by atoms with Gasteiger partial charge in [0, 0.05) is 24.7 Å². The summed E-state index contributed by atoms with van der Waals surface area (Å²) in [5.74, 6) is 0.0256. The maximum absolute atomic E-state index is 12.5. The SMILES string of the molecule is Cc1cccc(CS(=O)(=O)Nc2ccc3c(c2)CN(C(=O)C(C)C)CC3)c1. The zero-order chi connectivity index (χ0) is 19.6. The number of amides is 1. The Labute approximate surface area is 161 Å². The van der Waals surface area contributed by atoms with E-state index >= 15 is 0 Å². The van der Waals surface area contributed by atoms with Crippen molar-refractivity contribution < 1.29 is 13.2 Å². The molecule has 0 spiro atoms.